The molecule has 3 rings (SSSR count). The summed E-state index contributed by atoms with van der Waals surface area (Å²) in [5.41, 5.74) is 2.61. The van der Waals surface area contributed by atoms with Crippen LogP contribution < -0.4 is 10.2 Å². The Morgan fingerprint density at radius 3 is 2.71 bits per heavy atom. The molecule has 2 amide bonds. The Morgan fingerprint density at radius 1 is 1.25 bits per heavy atom. The molecule has 148 valence electrons. The number of anilines is 2. The SMILES string of the molecule is Cc1ccc(F)c(N2C(=O)CSC2c2cccc(NC(=O)CC(C)(C)C)c2)c1. The molecule has 0 aromatic heterocycles. The molecule has 1 N–H and O–H groups in total. The zero-order chi connectivity index (χ0) is 20.5. The maximum absolute atomic E-state index is 14.4. The van der Waals surface area contributed by atoms with E-state index in [-0.39, 0.29) is 22.6 Å². The van der Waals surface area contributed by atoms with Gasteiger partial charge in [-0.05, 0) is 47.7 Å². The lowest BCUT2D eigenvalue weighted by molar-refractivity contribution is -0.118. The monoisotopic (exact) mass is 400 g/mol. The minimum atomic E-state index is -0.416. The zero-order valence-corrected chi connectivity index (χ0v) is 17.4. The second-order valence-corrected chi connectivity index (χ2v) is 9.36. The average Bonchev–Trinajstić information content (AvgIpc) is 2.97. The molecule has 4 nitrogen and oxygen atoms in total. The second kappa shape index (κ2) is 7.95. The summed E-state index contributed by atoms with van der Waals surface area (Å²) in [6.07, 6.45) is 0.411. The van der Waals surface area contributed by atoms with Crippen molar-refractivity contribution in [2.45, 2.75) is 39.5 Å². The van der Waals surface area contributed by atoms with Crippen LogP contribution >= 0.6 is 11.8 Å². The Kier molecular flexibility index (Phi) is 5.79. The highest BCUT2D eigenvalue weighted by atomic mass is 32.2. The highest BCUT2D eigenvalue weighted by molar-refractivity contribution is 8.00. The Hall–Kier alpha value is -2.34. The van der Waals surface area contributed by atoms with Crippen LogP contribution in [0, 0.1) is 18.2 Å². The van der Waals surface area contributed by atoms with Gasteiger partial charge in [0.25, 0.3) is 0 Å². The summed E-state index contributed by atoms with van der Waals surface area (Å²) >= 11 is 1.46. The summed E-state index contributed by atoms with van der Waals surface area (Å²) in [4.78, 5) is 26.3. The first-order chi connectivity index (χ1) is 13.1. The maximum Gasteiger partial charge on any atom is 0.238 e. The first-order valence-electron chi connectivity index (χ1n) is 9.24. The van der Waals surface area contributed by atoms with E-state index in [2.05, 4.69) is 5.32 Å². The van der Waals surface area contributed by atoms with Gasteiger partial charge in [0.2, 0.25) is 11.8 Å². The first-order valence-corrected chi connectivity index (χ1v) is 10.3. The number of hydrogen-bond acceptors (Lipinski definition) is 3. The molecule has 0 radical (unpaired) electrons. The van der Waals surface area contributed by atoms with E-state index in [1.54, 1.807) is 12.1 Å². The van der Waals surface area contributed by atoms with Crippen LogP contribution in [0.5, 0.6) is 0 Å². The van der Waals surface area contributed by atoms with Crippen LogP contribution in [0.4, 0.5) is 15.8 Å². The minimum Gasteiger partial charge on any atom is -0.326 e. The number of amides is 2. The van der Waals surface area contributed by atoms with Gasteiger partial charge in [0, 0.05) is 12.1 Å². The highest BCUT2D eigenvalue weighted by Crippen LogP contribution is 2.43. The molecule has 0 spiro atoms. The van der Waals surface area contributed by atoms with Crippen molar-refractivity contribution >= 4 is 35.0 Å². The predicted octanol–water partition coefficient (Wildman–Crippen LogP) is 5.29. The molecule has 1 aliphatic heterocycles. The minimum absolute atomic E-state index is 0.0543. The summed E-state index contributed by atoms with van der Waals surface area (Å²) in [6, 6.07) is 12.2. The third kappa shape index (κ3) is 4.73. The first kappa shape index (κ1) is 20.4. The number of aryl methyl sites for hydroxylation is 1. The smallest absolute Gasteiger partial charge is 0.238 e. The van der Waals surface area contributed by atoms with Crippen molar-refractivity contribution in [1.29, 1.82) is 0 Å². The van der Waals surface area contributed by atoms with Crippen LogP contribution in [0.25, 0.3) is 0 Å². The van der Waals surface area contributed by atoms with Gasteiger partial charge in [-0.2, -0.15) is 0 Å². The van der Waals surface area contributed by atoms with Gasteiger partial charge in [0.05, 0.1) is 11.4 Å². The summed E-state index contributed by atoms with van der Waals surface area (Å²) in [7, 11) is 0. The molecule has 1 unspecified atom stereocenters. The van der Waals surface area contributed by atoms with E-state index in [4.69, 9.17) is 0 Å². The van der Waals surface area contributed by atoms with Gasteiger partial charge >= 0.3 is 0 Å². The Balaban J connectivity index is 1.87. The fraction of sp³-hybridized carbons (Fsp3) is 0.364. The van der Waals surface area contributed by atoms with Crippen LogP contribution in [0.15, 0.2) is 42.5 Å². The molecule has 1 saturated heterocycles. The van der Waals surface area contributed by atoms with Crippen LogP contribution in [0.1, 0.15) is 43.7 Å². The van der Waals surface area contributed by atoms with Crippen molar-refractivity contribution in [2.24, 2.45) is 5.41 Å². The Labute approximate surface area is 169 Å². The number of benzene rings is 2. The van der Waals surface area contributed by atoms with Gasteiger partial charge in [0.15, 0.2) is 0 Å². The number of nitrogens with one attached hydrogen (secondary N) is 1. The third-order valence-electron chi connectivity index (χ3n) is 4.38. The summed E-state index contributed by atoms with van der Waals surface area (Å²) in [5.74, 6) is -0.303. The number of carbonyl (C=O) groups excluding carboxylic acids is 2. The number of carbonyl (C=O) groups is 2. The van der Waals surface area contributed by atoms with Crippen molar-refractivity contribution < 1.29 is 14.0 Å². The van der Waals surface area contributed by atoms with Crippen molar-refractivity contribution in [2.75, 3.05) is 16.0 Å². The fourth-order valence-corrected chi connectivity index (χ4v) is 4.35. The predicted molar refractivity (Wildman–Crippen MR) is 113 cm³/mol. The van der Waals surface area contributed by atoms with Crippen molar-refractivity contribution in [3.05, 3.63) is 59.4 Å². The molecule has 2 aromatic carbocycles. The van der Waals surface area contributed by atoms with E-state index in [9.17, 15) is 14.0 Å². The number of thioether (sulfide) groups is 1. The molecule has 1 atom stereocenters. The quantitative estimate of drug-likeness (QED) is 0.759. The van der Waals surface area contributed by atoms with Crippen molar-refractivity contribution in [3.63, 3.8) is 0 Å². The largest absolute Gasteiger partial charge is 0.326 e. The molecule has 0 aliphatic carbocycles. The van der Waals surface area contributed by atoms with E-state index in [0.717, 1.165) is 11.1 Å². The average molecular weight is 401 g/mol. The number of hydrogen-bond donors (Lipinski definition) is 1. The molecule has 6 heteroatoms. The molecular weight excluding hydrogens is 375 g/mol. The standard InChI is InChI=1S/C22H25FN2O2S/c1-14-8-9-17(23)18(10-14)25-20(27)13-28-21(25)15-6-5-7-16(11-15)24-19(26)12-22(2,3)4/h5-11,21H,12-13H2,1-4H3,(H,24,26). The van der Waals surface area contributed by atoms with Crippen LogP contribution in [0.3, 0.4) is 0 Å². The lowest BCUT2D eigenvalue weighted by atomic mass is 9.92. The van der Waals surface area contributed by atoms with E-state index in [1.807, 2.05) is 52.0 Å². The fourth-order valence-electron chi connectivity index (χ4n) is 3.20. The topological polar surface area (TPSA) is 49.4 Å². The van der Waals surface area contributed by atoms with Crippen LogP contribution in [0.2, 0.25) is 0 Å². The summed E-state index contributed by atoms with van der Waals surface area (Å²) < 4.78 is 14.4. The van der Waals surface area contributed by atoms with E-state index >= 15 is 0 Å². The zero-order valence-electron chi connectivity index (χ0n) is 16.6. The van der Waals surface area contributed by atoms with Gasteiger partial charge in [-0.1, -0.05) is 39.0 Å². The lowest BCUT2D eigenvalue weighted by Gasteiger charge is -2.25. The third-order valence-corrected chi connectivity index (χ3v) is 5.59. The maximum atomic E-state index is 14.4. The van der Waals surface area contributed by atoms with Gasteiger partial charge in [-0.3, -0.25) is 14.5 Å². The van der Waals surface area contributed by atoms with Crippen molar-refractivity contribution in [3.8, 4) is 0 Å². The molecule has 0 bridgehead atoms. The van der Waals surface area contributed by atoms with Gasteiger partial charge in [-0.25, -0.2) is 4.39 Å². The molecule has 0 saturated carbocycles. The Bertz CT molecular complexity index is 908. The second-order valence-electron chi connectivity index (χ2n) is 8.29. The van der Waals surface area contributed by atoms with E-state index < -0.39 is 5.82 Å². The van der Waals surface area contributed by atoms with Crippen LogP contribution in [-0.4, -0.2) is 17.6 Å². The van der Waals surface area contributed by atoms with E-state index in [0.29, 0.717) is 23.5 Å². The van der Waals surface area contributed by atoms with E-state index in [1.165, 1.54) is 22.7 Å². The van der Waals surface area contributed by atoms with Crippen molar-refractivity contribution in [1.82, 2.24) is 0 Å². The molecule has 1 aliphatic rings. The van der Waals surface area contributed by atoms with Gasteiger partial charge < -0.3 is 5.32 Å². The number of halogens is 1. The van der Waals surface area contributed by atoms with Gasteiger partial charge in [-0.15, -0.1) is 11.8 Å². The van der Waals surface area contributed by atoms with Gasteiger partial charge in [0.1, 0.15) is 11.2 Å². The molecule has 1 heterocycles. The number of rotatable bonds is 4. The molecule has 28 heavy (non-hydrogen) atoms. The summed E-state index contributed by atoms with van der Waals surface area (Å²) in [6.45, 7) is 7.91. The summed E-state index contributed by atoms with van der Waals surface area (Å²) in [5, 5.41) is 2.59. The van der Waals surface area contributed by atoms with Crippen LogP contribution in [-0.2, 0) is 9.59 Å². The highest BCUT2D eigenvalue weighted by Gasteiger charge is 2.35. The normalized spacial score (nSPS) is 17.1. The molecular formula is C22H25FN2O2S. The lowest BCUT2D eigenvalue weighted by Crippen LogP contribution is -2.28. The molecule has 2 aromatic rings. The Morgan fingerprint density at radius 2 is 2.00 bits per heavy atom. The molecule has 1 fully saturated rings. The number of nitrogens with zero attached hydrogens (tertiary/aromatic N) is 1.